The summed E-state index contributed by atoms with van der Waals surface area (Å²) >= 11 is 0. The molecule has 2 aliphatic carbocycles. The van der Waals surface area contributed by atoms with Gasteiger partial charge in [-0.3, -0.25) is 0 Å². The quantitative estimate of drug-likeness (QED) is 0.765. The second-order valence-corrected chi connectivity index (χ2v) is 6.70. The summed E-state index contributed by atoms with van der Waals surface area (Å²) in [4.78, 5) is 0. The van der Waals surface area contributed by atoms with E-state index in [1.54, 1.807) is 0 Å². The molecular formula is C19H25N. The molecule has 0 saturated heterocycles. The lowest BCUT2D eigenvalue weighted by Gasteiger charge is -2.13. The monoisotopic (exact) mass is 267 g/mol. The fraction of sp³-hybridized carbons (Fsp3) is 0.368. The first-order chi connectivity index (χ1) is 9.33. The van der Waals surface area contributed by atoms with Gasteiger partial charge in [0.2, 0.25) is 0 Å². The van der Waals surface area contributed by atoms with Crippen LogP contribution in [0.1, 0.15) is 27.7 Å². The molecule has 0 amide bonds. The van der Waals surface area contributed by atoms with Crippen molar-refractivity contribution < 1.29 is 0 Å². The van der Waals surface area contributed by atoms with E-state index < -0.39 is 0 Å². The zero-order valence-corrected chi connectivity index (χ0v) is 13.2. The number of hydrogen-bond donors (Lipinski definition) is 1. The molecule has 0 unspecified atom stereocenters. The number of rotatable bonds is 2. The molecule has 0 aromatic rings. The summed E-state index contributed by atoms with van der Waals surface area (Å²) in [7, 11) is 1.98. The van der Waals surface area contributed by atoms with E-state index >= 15 is 0 Å². The molecule has 0 atom stereocenters. The molecule has 1 heteroatoms. The van der Waals surface area contributed by atoms with Gasteiger partial charge in [-0.05, 0) is 11.6 Å². The van der Waals surface area contributed by atoms with Gasteiger partial charge in [0, 0.05) is 29.1 Å². The SMILES string of the molecule is CNC1=C(C2=CC=CC(C)(C)C=C2)C=CC(C)(C)C=C1. The Labute approximate surface area is 123 Å². The highest BCUT2D eigenvalue weighted by Crippen LogP contribution is 2.30. The Morgan fingerprint density at radius 3 is 2.10 bits per heavy atom. The molecule has 1 N–H and O–H groups in total. The Balaban J connectivity index is 2.45. The maximum absolute atomic E-state index is 3.31. The fourth-order valence-electron chi connectivity index (χ4n) is 2.30. The van der Waals surface area contributed by atoms with Crippen molar-refractivity contribution in [2.75, 3.05) is 7.05 Å². The lowest BCUT2D eigenvalue weighted by atomic mass is 9.92. The van der Waals surface area contributed by atoms with Crippen molar-refractivity contribution in [1.29, 1.82) is 0 Å². The number of nitrogens with one attached hydrogen (secondary N) is 1. The van der Waals surface area contributed by atoms with Gasteiger partial charge in [-0.25, -0.2) is 0 Å². The van der Waals surface area contributed by atoms with E-state index in [0.29, 0.717) is 0 Å². The van der Waals surface area contributed by atoms with E-state index in [0.717, 1.165) is 5.70 Å². The second-order valence-electron chi connectivity index (χ2n) is 6.70. The van der Waals surface area contributed by atoms with Gasteiger partial charge in [-0.15, -0.1) is 0 Å². The molecule has 1 nitrogen and oxygen atoms in total. The first kappa shape index (κ1) is 14.6. The predicted molar refractivity (Wildman–Crippen MR) is 88.3 cm³/mol. The highest BCUT2D eigenvalue weighted by atomic mass is 14.8. The van der Waals surface area contributed by atoms with Gasteiger partial charge in [0.1, 0.15) is 0 Å². The molecule has 106 valence electrons. The van der Waals surface area contributed by atoms with Gasteiger partial charge in [-0.2, -0.15) is 0 Å². The molecule has 0 radical (unpaired) electrons. The Bertz CT molecular complexity index is 561. The van der Waals surface area contributed by atoms with Crippen LogP contribution < -0.4 is 5.32 Å². The molecule has 0 heterocycles. The molecule has 2 rings (SSSR count). The van der Waals surface area contributed by atoms with E-state index in [9.17, 15) is 0 Å². The van der Waals surface area contributed by atoms with Crippen molar-refractivity contribution in [3.05, 3.63) is 71.5 Å². The van der Waals surface area contributed by atoms with Crippen LogP contribution in [0.2, 0.25) is 0 Å². The molecule has 0 fully saturated rings. The van der Waals surface area contributed by atoms with Crippen molar-refractivity contribution in [3.63, 3.8) is 0 Å². The first-order valence-electron chi connectivity index (χ1n) is 7.23. The molecule has 0 bridgehead atoms. The van der Waals surface area contributed by atoms with Crippen LogP contribution in [0.4, 0.5) is 0 Å². The smallest absolute Gasteiger partial charge is 0.0414 e. The van der Waals surface area contributed by atoms with Crippen molar-refractivity contribution in [1.82, 2.24) is 5.32 Å². The largest absolute Gasteiger partial charge is 0.388 e. The topological polar surface area (TPSA) is 12.0 Å². The molecule has 20 heavy (non-hydrogen) atoms. The Hall–Kier alpha value is -1.76. The van der Waals surface area contributed by atoms with Crippen LogP contribution in [0.15, 0.2) is 71.5 Å². The highest BCUT2D eigenvalue weighted by Gasteiger charge is 2.16. The summed E-state index contributed by atoms with van der Waals surface area (Å²) in [5, 5.41) is 3.31. The van der Waals surface area contributed by atoms with Crippen LogP contribution in [0, 0.1) is 10.8 Å². The lowest BCUT2D eigenvalue weighted by molar-refractivity contribution is 0.626. The third kappa shape index (κ3) is 3.41. The van der Waals surface area contributed by atoms with Crippen LogP contribution in [0.25, 0.3) is 0 Å². The van der Waals surface area contributed by atoms with Gasteiger partial charge in [-0.1, -0.05) is 76.3 Å². The molecule has 0 spiro atoms. The predicted octanol–water partition coefficient (Wildman–Crippen LogP) is 4.69. The molecular weight excluding hydrogens is 242 g/mol. The summed E-state index contributed by atoms with van der Waals surface area (Å²) in [6.07, 6.45) is 20.0. The average molecular weight is 267 g/mol. The minimum Gasteiger partial charge on any atom is -0.388 e. The van der Waals surface area contributed by atoms with Gasteiger partial charge in [0.05, 0.1) is 0 Å². The zero-order chi connectivity index (χ0) is 14.8. The maximum atomic E-state index is 3.31. The highest BCUT2D eigenvalue weighted by molar-refractivity contribution is 5.55. The number of hydrogen-bond acceptors (Lipinski definition) is 1. The fourth-order valence-corrected chi connectivity index (χ4v) is 2.30. The minimum absolute atomic E-state index is 0.0912. The van der Waals surface area contributed by atoms with Crippen LogP contribution in [0.3, 0.4) is 0 Å². The van der Waals surface area contributed by atoms with Gasteiger partial charge in [0.25, 0.3) is 0 Å². The van der Waals surface area contributed by atoms with E-state index in [2.05, 4.69) is 87.7 Å². The molecule has 0 saturated carbocycles. The third-order valence-corrected chi connectivity index (χ3v) is 3.72. The summed E-state index contributed by atoms with van der Waals surface area (Å²) in [6, 6.07) is 0. The maximum Gasteiger partial charge on any atom is 0.0414 e. The minimum atomic E-state index is 0.0912. The average Bonchev–Trinajstić information content (AvgIpc) is 2.63. The van der Waals surface area contributed by atoms with Crippen LogP contribution in [0.5, 0.6) is 0 Å². The van der Waals surface area contributed by atoms with Crippen molar-refractivity contribution in [3.8, 4) is 0 Å². The van der Waals surface area contributed by atoms with E-state index in [-0.39, 0.29) is 10.8 Å². The summed E-state index contributed by atoms with van der Waals surface area (Å²) in [5.74, 6) is 0. The standard InChI is InChI=1S/C19H25N/c1-18(2)11-6-7-15(8-12-18)16-9-13-19(3,4)14-10-17(16)20-5/h6-14,20H,1-5H3. The third-order valence-electron chi connectivity index (χ3n) is 3.72. The first-order valence-corrected chi connectivity index (χ1v) is 7.23. The number of allylic oxidation sites excluding steroid dienone is 11. The van der Waals surface area contributed by atoms with Crippen LogP contribution in [-0.2, 0) is 0 Å². The van der Waals surface area contributed by atoms with Gasteiger partial charge in [0.15, 0.2) is 0 Å². The van der Waals surface area contributed by atoms with Crippen LogP contribution >= 0.6 is 0 Å². The van der Waals surface area contributed by atoms with E-state index in [1.165, 1.54) is 11.1 Å². The van der Waals surface area contributed by atoms with Crippen LogP contribution in [-0.4, -0.2) is 7.05 Å². The molecule has 0 aromatic heterocycles. The summed E-state index contributed by atoms with van der Waals surface area (Å²) in [6.45, 7) is 8.87. The Kier molecular flexibility index (Phi) is 3.89. The molecule has 0 aliphatic heterocycles. The lowest BCUT2D eigenvalue weighted by Crippen LogP contribution is -2.07. The van der Waals surface area contributed by atoms with E-state index in [4.69, 9.17) is 0 Å². The summed E-state index contributed by atoms with van der Waals surface area (Å²) in [5.41, 5.74) is 3.86. The Morgan fingerprint density at radius 1 is 0.800 bits per heavy atom. The molecule has 0 aromatic carbocycles. The Morgan fingerprint density at radius 2 is 1.40 bits per heavy atom. The van der Waals surface area contributed by atoms with Gasteiger partial charge >= 0.3 is 0 Å². The summed E-state index contributed by atoms with van der Waals surface area (Å²) < 4.78 is 0. The van der Waals surface area contributed by atoms with Crippen molar-refractivity contribution in [2.45, 2.75) is 27.7 Å². The van der Waals surface area contributed by atoms with Crippen molar-refractivity contribution >= 4 is 0 Å². The molecule has 2 aliphatic rings. The second kappa shape index (κ2) is 5.32. The normalized spacial score (nSPS) is 23.4. The zero-order valence-electron chi connectivity index (χ0n) is 13.2. The van der Waals surface area contributed by atoms with Crippen molar-refractivity contribution in [2.24, 2.45) is 10.8 Å². The van der Waals surface area contributed by atoms with Gasteiger partial charge < -0.3 is 5.32 Å². The van der Waals surface area contributed by atoms with E-state index in [1.807, 2.05) is 7.05 Å². The number of likely N-dealkylation sites (N-methyl/N-ethyl adjacent to an activating group) is 1.